The van der Waals surface area contributed by atoms with Crippen LogP contribution < -0.4 is 5.73 Å². The van der Waals surface area contributed by atoms with Gasteiger partial charge in [-0.3, -0.25) is 9.97 Å². The van der Waals surface area contributed by atoms with E-state index in [1.807, 2.05) is 18.2 Å². The minimum absolute atomic E-state index is 0.0802. The SMILES string of the molecule is N#Cc1cccc(-c2nc(N)cnc2-c2cc(Cl)c3ncccc3c2)c1F. The Morgan fingerprint density at radius 3 is 2.74 bits per heavy atom. The zero-order valence-corrected chi connectivity index (χ0v) is 14.6. The van der Waals surface area contributed by atoms with Gasteiger partial charge in [0.15, 0.2) is 0 Å². The molecule has 2 N–H and O–H groups in total. The number of benzene rings is 2. The third-order valence-electron chi connectivity index (χ3n) is 4.10. The van der Waals surface area contributed by atoms with Crippen LogP contribution in [0.15, 0.2) is 54.9 Å². The first-order valence-electron chi connectivity index (χ1n) is 7.94. The molecule has 0 aliphatic rings. The number of nitriles is 1. The predicted molar refractivity (Wildman–Crippen MR) is 102 cm³/mol. The summed E-state index contributed by atoms with van der Waals surface area (Å²) in [6, 6.07) is 13.6. The van der Waals surface area contributed by atoms with E-state index >= 15 is 0 Å². The lowest BCUT2D eigenvalue weighted by molar-refractivity contribution is 0.627. The van der Waals surface area contributed by atoms with Gasteiger partial charge >= 0.3 is 0 Å². The molecule has 0 saturated carbocycles. The maximum Gasteiger partial charge on any atom is 0.150 e. The van der Waals surface area contributed by atoms with Gasteiger partial charge in [-0.15, -0.1) is 0 Å². The number of aromatic nitrogens is 3. The van der Waals surface area contributed by atoms with Crippen LogP contribution in [0, 0.1) is 17.1 Å². The smallest absolute Gasteiger partial charge is 0.150 e. The molecule has 4 aromatic rings. The summed E-state index contributed by atoms with van der Waals surface area (Å²) in [5.74, 6) is -0.529. The first kappa shape index (κ1) is 16.9. The van der Waals surface area contributed by atoms with Crippen molar-refractivity contribution in [3.05, 3.63) is 71.3 Å². The van der Waals surface area contributed by atoms with Crippen molar-refractivity contribution < 1.29 is 4.39 Å². The summed E-state index contributed by atoms with van der Waals surface area (Å²) in [6.45, 7) is 0. The third kappa shape index (κ3) is 2.94. The molecule has 4 rings (SSSR count). The number of pyridine rings is 1. The van der Waals surface area contributed by atoms with Crippen molar-refractivity contribution in [3.63, 3.8) is 0 Å². The highest BCUT2D eigenvalue weighted by atomic mass is 35.5. The minimum atomic E-state index is -0.672. The van der Waals surface area contributed by atoms with Gasteiger partial charge in [-0.25, -0.2) is 9.37 Å². The highest BCUT2D eigenvalue weighted by molar-refractivity contribution is 6.35. The molecule has 0 unspecified atom stereocenters. The molecular weight excluding hydrogens is 365 g/mol. The monoisotopic (exact) mass is 375 g/mol. The Morgan fingerprint density at radius 1 is 1.07 bits per heavy atom. The molecule has 2 heterocycles. The molecule has 0 atom stereocenters. The molecule has 0 amide bonds. The lowest BCUT2D eigenvalue weighted by atomic mass is 10.0. The standard InChI is InChI=1S/C20H11ClFN5/c21-15-8-13(7-11-4-2-6-25-18(11)15)19-20(27-16(24)10-26-19)14-5-1-3-12(9-23)17(14)22/h1-8,10H,(H2,24,27). The van der Waals surface area contributed by atoms with E-state index in [1.165, 1.54) is 18.3 Å². The van der Waals surface area contributed by atoms with Crippen LogP contribution in [0.2, 0.25) is 5.02 Å². The third-order valence-corrected chi connectivity index (χ3v) is 4.39. The molecule has 0 aliphatic heterocycles. The average molecular weight is 376 g/mol. The zero-order chi connectivity index (χ0) is 19.0. The molecule has 0 spiro atoms. The quantitative estimate of drug-likeness (QED) is 0.552. The molecule has 130 valence electrons. The number of nitrogens with zero attached hydrogens (tertiary/aromatic N) is 4. The van der Waals surface area contributed by atoms with Crippen molar-refractivity contribution in [1.82, 2.24) is 15.0 Å². The Balaban J connectivity index is 2.00. The maximum absolute atomic E-state index is 14.8. The number of nitrogens with two attached hydrogens (primary N) is 1. The topological polar surface area (TPSA) is 88.5 Å². The van der Waals surface area contributed by atoms with Crippen LogP contribution in [0.4, 0.5) is 10.2 Å². The highest BCUT2D eigenvalue weighted by Gasteiger charge is 2.18. The lowest BCUT2D eigenvalue weighted by Crippen LogP contribution is -2.00. The van der Waals surface area contributed by atoms with Crippen molar-refractivity contribution in [2.75, 3.05) is 5.73 Å². The van der Waals surface area contributed by atoms with Crippen molar-refractivity contribution in [1.29, 1.82) is 5.26 Å². The fourth-order valence-electron chi connectivity index (χ4n) is 2.89. The molecule has 27 heavy (non-hydrogen) atoms. The summed E-state index contributed by atoms with van der Waals surface area (Å²) in [4.78, 5) is 12.9. The molecule has 0 aliphatic carbocycles. The van der Waals surface area contributed by atoms with Crippen molar-refractivity contribution in [2.45, 2.75) is 0 Å². The summed E-state index contributed by atoms with van der Waals surface area (Å²) < 4.78 is 14.8. The Kier molecular flexibility index (Phi) is 4.15. The largest absolute Gasteiger partial charge is 0.382 e. The van der Waals surface area contributed by atoms with Gasteiger partial charge in [0.25, 0.3) is 0 Å². The molecule has 0 saturated heterocycles. The number of anilines is 1. The zero-order valence-electron chi connectivity index (χ0n) is 13.8. The van der Waals surface area contributed by atoms with E-state index in [9.17, 15) is 4.39 Å². The molecule has 0 fully saturated rings. The molecule has 7 heteroatoms. The molecule has 2 aromatic heterocycles. The molecular formula is C20H11ClFN5. The van der Waals surface area contributed by atoms with Crippen LogP contribution in [0.3, 0.4) is 0 Å². The Bertz CT molecular complexity index is 1230. The number of halogens is 2. The van der Waals surface area contributed by atoms with Crippen LogP contribution in [-0.4, -0.2) is 15.0 Å². The number of rotatable bonds is 2. The molecule has 0 bridgehead atoms. The van der Waals surface area contributed by atoms with Gasteiger partial charge < -0.3 is 5.73 Å². The van der Waals surface area contributed by atoms with Crippen LogP contribution in [0.25, 0.3) is 33.4 Å². The Hall–Kier alpha value is -3.56. The van der Waals surface area contributed by atoms with Gasteiger partial charge in [0.1, 0.15) is 23.4 Å². The van der Waals surface area contributed by atoms with Gasteiger partial charge in [-0.05, 0) is 30.3 Å². The fraction of sp³-hybridized carbons (Fsp3) is 0. The van der Waals surface area contributed by atoms with Crippen LogP contribution >= 0.6 is 11.6 Å². The minimum Gasteiger partial charge on any atom is -0.382 e. The Morgan fingerprint density at radius 2 is 1.93 bits per heavy atom. The number of nitrogen functional groups attached to an aromatic ring is 1. The number of hydrogen-bond acceptors (Lipinski definition) is 5. The summed E-state index contributed by atoms with van der Waals surface area (Å²) in [5, 5.41) is 10.4. The summed E-state index contributed by atoms with van der Waals surface area (Å²) in [6.07, 6.45) is 3.05. The van der Waals surface area contributed by atoms with Gasteiger partial charge in [0, 0.05) is 22.7 Å². The van der Waals surface area contributed by atoms with Crippen molar-refractivity contribution in [2.24, 2.45) is 0 Å². The normalized spacial score (nSPS) is 10.7. The first-order valence-corrected chi connectivity index (χ1v) is 8.32. The molecule has 2 aromatic carbocycles. The van der Waals surface area contributed by atoms with Gasteiger partial charge in [-0.2, -0.15) is 5.26 Å². The molecule has 5 nitrogen and oxygen atoms in total. The van der Waals surface area contributed by atoms with Gasteiger partial charge in [0.05, 0.1) is 28.0 Å². The van der Waals surface area contributed by atoms with Gasteiger partial charge in [-0.1, -0.05) is 23.7 Å². The molecule has 0 radical (unpaired) electrons. The lowest BCUT2D eigenvalue weighted by Gasteiger charge is -2.12. The fourth-order valence-corrected chi connectivity index (χ4v) is 3.16. The van der Waals surface area contributed by atoms with E-state index in [4.69, 9.17) is 22.6 Å². The summed E-state index contributed by atoms with van der Waals surface area (Å²) in [7, 11) is 0. The summed E-state index contributed by atoms with van der Waals surface area (Å²) in [5.41, 5.74) is 7.80. The number of hydrogen-bond donors (Lipinski definition) is 1. The van der Waals surface area contributed by atoms with E-state index < -0.39 is 5.82 Å². The predicted octanol–water partition coefficient (Wildman–Crippen LogP) is 4.61. The van der Waals surface area contributed by atoms with Crippen LogP contribution in [-0.2, 0) is 0 Å². The Labute approximate surface area is 158 Å². The second-order valence-electron chi connectivity index (χ2n) is 5.80. The van der Waals surface area contributed by atoms with Crippen molar-refractivity contribution >= 4 is 28.3 Å². The van der Waals surface area contributed by atoms with Crippen molar-refractivity contribution in [3.8, 4) is 28.6 Å². The summed E-state index contributed by atoms with van der Waals surface area (Å²) >= 11 is 6.37. The second kappa shape index (κ2) is 6.63. The average Bonchev–Trinajstić information content (AvgIpc) is 2.68. The first-order chi connectivity index (χ1) is 13.1. The van der Waals surface area contributed by atoms with Gasteiger partial charge in [0.2, 0.25) is 0 Å². The van der Waals surface area contributed by atoms with E-state index in [-0.39, 0.29) is 22.6 Å². The second-order valence-corrected chi connectivity index (χ2v) is 6.21. The van der Waals surface area contributed by atoms with E-state index in [1.54, 1.807) is 24.4 Å². The van der Waals surface area contributed by atoms with Crippen LogP contribution in [0.1, 0.15) is 5.56 Å². The number of fused-ring (bicyclic) bond motifs is 1. The highest BCUT2D eigenvalue weighted by Crippen LogP contribution is 2.35. The van der Waals surface area contributed by atoms with Crippen LogP contribution in [0.5, 0.6) is 0 Å². The van der Waals surface area contributed by atoms with E-state index in [0.29, 0.717) is 21.8 Å². The maximum atomic E-state index is 14.8. The van der Waals surface area contributed by atoms with E-state index in [0.717, 1.165) is 5.39 Å². The van der Waals surface area contributed by atoms with E-state index in [2.05, 4.69) is 15.0 Å².